The predicted octanol–water partition coefficient (Wildman–Crippen LogP) is 2.18. The zero-order valence-electron chi connectivity index (χ0n) is 12.6. The van der Waals surface area contributed by atoms with Gasteiger partial charge in [0, 0.05) is 12.6 Å². The second-order valence-corrected chi connectivity index (χ2v) is 7.94. The number of aryl methyl sites for hydroxylation is 1. The molecular weight excluding hydrogens is 286 g/mol. The number of aliphatic hydroxyl groups is 1. The summed E-state index contributed by atoms with van der Waals surface area (Å²) < 4.78 is 26.8. The van der Waals surface area contributed by atoms with E-state index >= 15 is 0 Å². The number of benzene rings is 1. The summed E-state index contributed by atoms with van der Waals surface area (Å²) in [6, 6.07) is 9.66. The van der Waals surface area contributed by atoms with E-state index in [-0.39, 0.29) is 11.8 Å². The SMILES string of the molecule is CC(O)CC1CCCCN1S(=O)(=O)CCc1ccccc1. The molecule has 4 nitrogen and oxygen atoms in total. The van der Waals surface area contributed by atoms with Gasteiger partial charge in [-0.25, -0.2) is 8.42 Å². The summed E-state index contributed by atoms with van der Waals surface area (Å²) in [4.78, 5) is 0. The Hall–Kier alpha value is -0.910. The summed E-state index contributed by atoms with van der Waals surface area (Å²) >= 11 is 0. The van der Waals surface area contributed by atoms with E-state index in [2.05, 4.69) is 0 Å². The van der Waals surface area contributed by atoms with Crippen LogP contribution in [0.1, 0.15) is 38.2 Å². The van der Waals surface area contributed by atoms with Gasteiger partial charge in [0.05, 0.1) is 11.9 Å². The molecule has 0 bridgehead atoms. The van der Waals surface area contributed by atoms with Crippen LogP contribution in [0.2, 0.25) is 0 Å². The molecule has 0 radical (unpaired) electrons. The van der Waals surface area contributed by atoms with Crippen LogP contribution >= 0.6 is 0 Å². The molecule has 0 amide bonds. The van der Waals surface area contributed by atoms with Gasteiger partial charge in [0.25, 0.3) is 0 Å². The second-order valence-electron chi connectivity index (χ2n) is 5.90. The summed E-state index contributed by atoms with van der Waals surface area (Å²) in [6.07, 6.45) is 3.43. The zero-order chi connectivity index (χ0) is 15.3. The monoisotopic (exact) mass is 311 g/mol. The van der Waals surface area contributed by atoms with Crippen molar-refractivity contribution in [2.45, 2.75) is 51.2 Å². The number of hydrogen-bond acceptors (Lipinski definition) is 3. The van der Waals surface area contributed by atoms with E-state index in [9.17, 15) is 13.5 Å². The van der Waals surface area contributed by atoms with Gasteiger partial charge < -0.3 is 5.11 Å². The van der Waals surface area contributed by atoms with Gasteiger partial charge >= 0.3 is 0 Å². The number of piperidine rings is 1. The molecule has 118 valence electrons. The molecule has 0 saturated carbocycles. The fraction of sp³-hybridized carbons (Fsp3) is 0.625. The standard InChI is InChI=1S/C16H25NO3S/c1-14(18)13-16-9-5-6-11-17(16)21(19,20)12-10-15-7-3-2-4-8-15/h2-4,7-8,14,16,18H,5-6,9-13H2,1H3. The average Bonchev–Trinajstić information content (AvgIpc) is 2.46. The lowest BCUT2D eigenvalue weighted by molar-refractivity contribution is 0.132. The molecule has 1 fully saturated rings. The summed E-state index contributed by atoms with van der Waals surface area (Å²) in [5, 5.41) is 9.57. The van der Waals surface area contributed by atoms with Gasteiger partial charge in [0.2, 0.25) is 10.0 Å². The van der Waals surface area contributed by atoms with E-state index < -0.39 is 16.1 Å². The van der Waals surface area contributed by atoms with Crippen LogP contribution < -0.4 is 0 Å². The third-order valence-corrected chi connectivity index (χ3v) is 5.95. The van der Waals surface area contributed by atoms with E-state index in [0.717, 1.165) is 24.8 Å². The minimum Gasteiger partial charge on any atom is -0.393 e. The Morgan fingerprint density at radius 2 is 2.00 bits per heavy atom. The molecule has 1 N–H and O–H groups in total. The van der Waals surface area contributed by atoms with Gasteiger partial charge in [-0.3, -0.25) is 0 Å². The lowest BCUT2D eigenvalue weighted by Crippen LogP contribution is -2.46. The Bertz CT molecular complexity index is 528. The Labute approximate surface area is 127 Å². The maximum atomic E-state index is 12.6. The van der Waals surface area contributed by atoms with Crippen molar-refractivity contribution < 1.29 is 13.5 Å². The maximum absolute atomic E-state index is 12.6. The first kappa shape index (κ1) is 16.5. The molecule has 1 aliphatic heterocycles. The highest BCUT2D eigenvalue weighted by Gasteiger charge is 2.32. The fourth-order valence-electron chi connectivity index (χ4n) is 2.98. The fourth-order valence-corrected chi connectivity index (χ4v) is 4.76. The van der Waals surface area contributed by atoms with Crippen molar-refractivity contribution in [1.82, 2.24) is 4.31 Å². The quantitative estimate of drug-likeness (QED) is 0.876. The van der Waals surface area contributed by atoms with Crippen molar-refractivity contribution in [1.29, 1.82) is 0 Å². The van der Waals surface area contributed by atoms with E-state index in [1.54, 1.807) is 11.2 Å². The molecule has 21 heavy (non-hydrogen) atoms. The largest absolute Gasteiger partial charge is 0.393 e. The van der Waals surface area contributed by atoms with E-state index in [1.807, 2.05) is 30.3 Å². The third-order valence-electron chi connectivity index (χ3n) is 4.04. The number of aliphatic hydroxyl groups excluding tert-OH is 1. The molecule has 5 heteroatoms. The lowest BCUT2D eigenvalue weighted by Gasteiger charge is -2.35. The number of hydrogen-bond donors (Lipinski definition) is 1. The average molecular weight is 311 g/mol. The van der Waals surface area contributed by atoms with Crippen LogP contribution in [0.5, 0.6) is 0 Å². The predicted molar refractivity (Wildman–Crippen MR) is 84.6 cm³/mol. The third kappa shape index (κ3) is 4.80. The molecule has 0 spiro atoms. The molecule has 0 aromatic heterocycles. The van der Waals surface area contributed by atoms with Crippen molar-refractivity contribution in [2.24, 2.45) is 0 Å². The van der Waals surface area contributed by atoms with Crippen molar-refractivity contribution in [3.05, 3.63) is 35.9 Å². The minimum absolute atomic E-state index is 0.0421. The molecule has 1 heterocycles. The molecular formula is C16H25NO3S. The normalized spacial score (nSPS) is 22.1. The first-order valence-corrected chi connectivity index (χ1v) is 9.31. The van der Waals surface area contributed by atoms with Crippen LogP contribution in [-0.2, 0) is 16.4 Å². The van der Waals surface area contributed by atoms with E-state index in [0.29, 0.717) is 19.4 Å². The Balaban J connectivity index is 2.02. The highest BCUT2D eigenvalue weighted by Crippen LogP contribution is 2.24. The van der Waals surface area contributed by atoms with Crippen molar-refractivity contribution in [2.75, 3.05) is 12.3 Å². The van der Waals surface area contributed by atoms with E-state index in [1.165, 1.54) is 0 Å². The highest BCUT2D eigenvalue weighted by molar-refractivity contribution is 7.89. The second kappa shape index (κ2) is 7.38. The molecule has 1 aromatic rings. The molecule has 1 saturated heterocycles. The van der Waals surface area contributed by atoms with Crippen LogP contribution in [0.4, 0.5) is 0 Å². The topological polar surface area (TPSA) is 57.6 Å². The first-order chi connectivity index (χ1) is 9.99. The van der Waals surface area contributed by atoms with Gasteiger partial charge in [-0.05, 0) is 38.2 Å². The number of sulfonamides is 1. The van der Waals surface area contributed by atoms with Gasteiger partial charge in [-0.15, -0.1) is 0 Å². The molecule has 2 rings (SSSR count). The summed E-state index contributed by atoms with van der Waals surface area (Å²) in [5.74, 6) is 0.146. The smallest absolute Gasteiger partial charge is 0.214 e. The Morgan fingerprint density at radius 1 is 1.29 bits per heavy atom. The Kier molecular flexibility index (Phi) is 5.79. The summed E-state index contributed by atoms with van der Waals surface area (Å²) in [6.45, 7) is 2.32. The lowest BCUT2D eigenvalue weighted by atomic mass is 10.00. The number of nitrogens with zero attached hydrogens (tertiary/aromatic N) is 1. The van der Waals surface area contributed by atoms with Gasteiger partial charge in [0.15, 0.2) is 0 Å². The van der Waals surface area contributed by atoms with Gasteiger partial charge in [0.1, 0.15) is 0 Å². The summed E-state index contributed by atoms with van der Waals surface area (Å²) in [7, 11) is -3.25. The maximum Gasteiger partial charge on any atom is 0.214 e. The van der Waals surface area contributed by atoms with Crippen LogP contribution in [0.25, 0.3) is 0 Å². The minimum atomic E-state index is -3.25. The number of rotatable bonds is 6. The molecule has 1 aliphatic rings. The van der Waals surface area contributed by atoms with E-state index in [4.69, 9.17) is 0 Å². The first-order valence-electron chi connectivity index (χ1n) is 7.70. The molecule has 1 aromatic carbocycles. The summed E-state index contributed by atoms with van der Waals surface area (Å²) in [5.41, 5.74) is 1.05. The van der Waals surface area contributed by atoms with Gasteiger partial charge in [-0.2, -0.15) is 4.31 Å². The molecule has 2 atom stereocenters. The zero-order valence-corrected chi connectivity index (χ0v) is 13.4. The highest BCUT2D eigenvalue weighted by atomic mass is 32.2. The van der Waals surface area contributed by atoms with Crippen LogP contribution in [0.15, 0.2) is 30.3 Å². The van der Waals surface area contributed by atoms with Crippen molar-refractivity contribution in [3.63, 3.8) is 0 Å². The van der Waals surface area contributed by atoms with Crippen LogP contribution in [0, 0.1) is 0 Å². The van der Waals surface area contributed by atoms with Crippen LogP contribution in [0.3, 0.4) is 0 Å². The molecule has 2 unspecified atom stereocenters. The molecule has 0 aliphatic carbocycles. The van der Waals surface area contributed by atoms with Crippen LogP contribution in [-0.4, -0.2) is 42.3 Å². The van der Waals surface area contributed by atoms with Crippen molar-refractivity contribution >= 4 is 10.0 Å². The van der Waals surface area contributed by atoms with Gasteiger partial charge in [-0.1, -0.05) is 36.8 Å². The Morgan fingerprint density at radius 3 is 2.67 bits per heavy atom. The van der Waals surface area contributed by atoms with Crippen molar-refractivity contribution in [3.8, 4) is 0 Å².